The Morgan fingerprint density at radius 2 is 0.714 bits per heavy atom. The molecule has 0 atom stereocenters. The number of hydrogen-bond donors (Lipinski definition) is 0. The van der Waals surface area contributed by atoms with E-state index in [9.17, 15) is 0 Å². The topological polar surface area (TPSA) is 0 Å². The van der Waals surface area contributed by atoms with E-state index in [1.54, 1.807) is 0 Å². The van der Waals surface area contributed by atoms with E-state index in [0.717, 1.165) is 11.8 Å². The third kappa shape index (κ3) is 259. The van der Waals surface area contributed by atoms with E-state index in [2.05, 4.69) is 83.1 Å². The van der Waals surface area contributed by atoms with Crippen molar-refractivity contribution in [3.05, 3.63) is 0 Å². The molecule has 0 heterocycles. The monoisotopic (exact) mass is 304 g/mol. The van der Waals surface area contributed by atoms with Gasteiger partial charge in [0.2, 0.25) is 0 Å². The van der Waals surface area contributed by atoms with Crippen molar-refractivity contribution in [2.45, 2.75) is 128 Å². The van der Waals surface area contributed by atoms with Gasteiger partial charge in [-0.15, -0.1) is 0 Å². The summed E-state index contributed by atoms with van der Waals surface area (Å²) in [4.78, 5) is 0. The number of rotatable bonds is 4. The Morgan fingerprint density at radius 3 is 0.714 bits per heavy atom. The van der Waals surface area contributed by atoms with E-state index in [1.165, 1.54) is 44.9 Å². The van der Waals surface area contributed by atoms with Crippen molar-refractivity contribution < 1.29 is 0 Å². The second-order valence-corrected chi connectivity index (χ2v) is 6.59. The minimum absolute atomic E-state index is 0.833. The summed E-state index contributed by atoms with van der Waals surface area (Å²) in [6.45, 7) is 26.2. The molecular formula is C21H52. The van der Waals surface area contributed by atoms with Crippen molar-refractivity contribution in [3.63, 3.8) is 0 Å². The van der Waals surface area contributed by atoms with E-state index in [0.29, 0.717) is 0 Å². The van der Waals surface area contributed by atoms with Crippen molar-refractivity contribution in [2.75, 3.05) is 0 Å². The molecule has 0 rings (SSSR count). The molecule has 0 radical (unpaired) electrons. The molecule has 0 bridgehead atoms. The van der Waals surface area contributed by atoms with Crippen LogP contribution in [0.15, 0.2) is 0 Å². The molecular weight excluding hydrogens is 252 g/mol. The zero-order valence-electron chi connectivity index (χ0n) is 18.1. The highest BCUT2D eigenvalue weighted by atomic mass is 13.9. The molecule has 0 heteroatoms. The van der Waals surface area contributed by atoms with Gasteiger partial charge in [-0.05, 0) is 11.8 Å². The molecule has 0 aromatic carbocycles. The molecule has 0 saturated heterocycles. The first kappa shape index (κ1) is 32.8. The first-order valence-electron chi connectivity index (χ1n) is 9.74. The molecule has 0 aromatic heterocycles. The van der Waals surface area contributed by atoms with Crippen LogP contribution in [0.3, 0.4) is 0 Å². The van der Waals surface area contributed by atoms with E-state index in [-0.39, 0.29) is 0 Å². The molecule has 0 unspecified atom stereocenters. The van der Waals surface area contributed by atoms with Crippen molar-refractivity contribution in [1.82, 2.24) is 0 Å². The fraction of sp³-hybridized carbons (Fsp3) is 1.00. The summed E-state index contributed by atoms with van der Waals surface area (Å²) in [5.74, 6) is 1.72. The average molecular weight is 305 g/mol. The lowest BCUT2D eigenvalue weighted by molar-refractivity contribution is 0.626. The molecule has 0 aromatic rings. The lowest BCUT2D eigenvalue weighted by Gasteiger charge is -1.90. The van der Waals surface area contributed by atoms with Crippen LogP contribution in [-0.4, -0.2) is 0 Å². The Hall–Kier alpha value is 0. The van der Waals surface area contributed by atoms with Crippen LogP contribution in [0.2, 0.25) is 0 Å². The van der Waals surface area contributed by atoms with Gasteiger partial charge in [0.15, 0.2) is 0 Å². The Kier molecular flexibility index (Phi) is 66.8. The quantitative estimate of drug-likeness (QED) is 0.485. The van der Waals surface area contributed by atoms with Crippen LogP contribution in [0.5, 0.6) is 0 Å². The first-order chi connectivity index (χ1) is 9.74. The van der Waals surface area contributed by atoms with E-state index in [4.69, 9.17) is 0 Å². The van der Waals surface area contributed by atoms with Gasteiger partial charge in [0, 0.05) is 0 Å². The van der Waals surface area contributed by atoms with Gasteiger partial charge >= 0.3 is 0 Å². The highest BCUT2D eigenvalue weighted by Gasteiger charge is 1.80. The fourth-order valence-electron chi connectivity index (χ4n) is 0.354. The maximum atomic E-state index is 2.22. The molecule has 0 aliphatic rings. The van der Waals surface area contributed by atoms with Gasteiger partial charge in [-0.2, -0.15) is 0 Å². The predicted octanol–water partition coefficient (Wildman–Crippen LogP) is 9.13. The molecule has 0 aliphatic heterocycles. The molecule has 0 fully saturated rings. The smallest absolute Gasteiger partial charge is 0.0474 e. The molecule has 136 valence electrons. The summed E-state index contributed by atoms with van der Waals surface area (Å²) in [5.41, 5.74) is 0. The maximum Gasteiger partial charge on any atom is -0.0474 e. The van der Waals surface area contributed by atoms with E-state index in [1.807, 2.05) is 0 Å². The summed E-state index contributed by atoms with van der Waals surface area (Å²) < 4.78 is 0. The fourth-order valence-corrected chi connectivity index (χ4v) is 0.354. The standard InChI is InChI=1S/2C5H12.2C4H10.C3H8/c1-4-5(2)3;1-3-5-4-2;1-4(2)3;1-3-4-2;1-3-2/h5H,4H2,1-3H3;3-5H2,1-2H3;4H,1-3H3;3-4H2,1-2H3;3H2,1-2H3. The Bertz CT molecular complexity index is 85.5. The molecule has 0 nitrogen and oxygen atoms in total. The van der Waals surface area contributed by atoms with Crippen LogP contribution in [0.1, 0.15) is 128 Å². The predicted molar refractivity (Wildman–Crippen MR) is 107 cm³/mol. The summed E-state index contributed by atoms with van der Waals surface area (Å²) in [5, 5.41) is 0. The van der Waals surface area contributed by atoms with E-state index < -0.39 is 0 Å². The van der Waals surface area contributed by atoms with Gasteiger partial charge in [-0.25, -0.2) is 0 Å². The molecule has 0 spiro atoms. The molecule has 21 heavy (non-hydrogen) atoms. The Balaban J connectivity index is -0.0000000514. The van der Waals surface area contributed by atoms with Gasteiger partial charge in [0.1, 0.15) is 0 Å². The molecule has 0 N–H and O–H groups in total. The third-order valence-corrected chi connectivity index (χ3v) is 2.02. The number of unbranched alkanes of at least 4 members (excludes halogenated alkanes) is 3. The van der Waals surface area contributed by atoms with Gasteiger partial charge in [-0.1, -0.05) is 128 Å². The van der Waals surface area contributed by atoms with E-state index >= 15 is 0 Å². The summed E-state index contributed by atoms with van der Waals surface area (Å²) in [7, 11) is 0. The minimum atomic E-state index is 0.833. The van der Waals surface area contributed by atoms with Crippen LogP contribution in [-0.2, 0) is 0 Å². The van der Waals surface area contributed by atoms with Crippen LogP contribution in [0.4, 0.5) is 0 Å². The van der Waals surface area contributed by atoms with Crippen molar-refractivity contribution in [1.29, 1.82) is 0 Å². The van der Waals surface area contributed by atoms with Crippen LogP contribution in [0, 0.1) is 11.8 Å². The lowest BCUT2D eigenvalue weighted by atomic mass is 10.2. The average Bonchev–Trinajstić information content (AvgIpc) is 2.41. The SMILES string of the molecule is CC(C)C.CCC.CCC(C)C.CCCC.CCCCC. The summed E-state index contributed by atoms with van der Waals surface area (Å²) in [6, 6.07) is 0. The van der Waals surface area contributed by atoms with Gasteiger partial charge < -0.3 is 0 Å². The normalized spacial score (nSPS) is 8.29. The number of hydrogen-bond acceptors (Lipinski definition) is 0. The Morgan fingerprint density at radius 1 is 0.524 bits per heavy atom. The highest BCUT2D eigenvalue weighted by molar-refractivity contribution is 4.32. The summed E-state index contributed by atoms with van der Waals surface area (Å²) >= 11 is 0. The van der Waals surface area contributed by atoms with Crippen molar-refractivity contribution >= 4 is 0 Å². The van der Waals surface area contributed by atoms with Crippen LogP contribution in [0.25, 0.3) is 0 Å². The minimum Gasteiger partial charge on any atom is -0.0656 e. The van der Waals surface area contributed by atoms with Gasteiger partial charge in [0.25, 0.3) is 0 Å². The van der Waals surface area contributed by atoms with Crippen LogP contribution < -0.4 is 0 Å². The first-order valence-corrected chi connectivity index (χ1v) is 9.74. The molecule has 0 amide bonds. The second-order valence-electron chi connectivity index (χ2n) is 6.59. The largest absolute Gasteiger partial charge is 0.0656 e. The maximum absolute atomic E-state index is 2.22. The van der Waals surface area contributed by atoms with Crippen molar-refractivity contribution in [3.8, 4) is 0 Å². The zero-order valence-corrected chi connectivity index (χ0v) is 18.1. The second kappa shape index (κ2) is 42.7. The third-order valence-electron chi connectivity index (χ3n) is 2.02. The highest BCUT2D eigenvalue weighted by Crippen LogP contribution is 1.93. The lowest BCUT2D eigenvalue weighted by Crippen LogP contribution is -1.77. The van der Waals surface area contributed by atoms with Crippen molar-refractivity contribution in [2.24, 2.45) is 11.8 Å². The summed E-state index contributed by atoms with van der Waals surface area (Å²) in [6.07, 6.45) is 9.27. The molecule has 0 saturated carbocycles. The zero-order chi connectivity index (χ0) is 18.1. The Labute approximate surface area is 140 Å². The van der Waals surface area contributed by atoms with Gasteiger partial charge in [-0.3, -0.25) is 0 Å². The van der Waals surface area contributed by atoms with Gasteiger partial charge in [0.05, 0.1) is 0 Å². The van der Waals surface area contributed by atoms with Crippen LogP contribution >= 0.6 is 0 Å². The molecule has 0 aliphatic carbocycles.